The lowest BCUT2D eigenvalue weighted by atomic mass is 10.1. The van der Waals surface area contributed by atoms with Crippen LogP contribution in [0.4, 0.5) is 5.69 Å². The molecule has 0 atom stereocenters. The van der Waals surface area contributed by atoms with Gasteiger partial charge in [-0.15, -0.1) is 0 Å². The fourth-order valence-electron chi connectivity index (χ4n) is 1.74. The van der Waals surface area contributed by atoms with Gasteiger partial charge in [-0.05, 0) is 53.4 Å². The van der Waals surface area contributed by atoms with Crippen LogP contribution in [0.3, 0.4) is 0 Å². The molecule has 0 aliphatic rings. The van der Waals surface area contributed by atoms with Gasteiger partial charge in [0.25, 0.3) is 5.91 Å². The van der Waals surface area contributed by atoms with Crippen molar-refractivity contribution >= 4 is 22.9 Å². The number of amides is 1. The van der Waals surface area contributed by atoms with E-state index in [0.717, 1.165) is 11.1 Å². The van der Waals surface area contributed by atoms with Crippen molar-refractivity contribution in [3.8, 4) is 0 Å². The summed E-state index contributed by atoms with van der Waals surface area (Å²) in [6, 6.07) is 5.39. The number of hydrogen-bond acceptors (Lipinski definition) is 3. The molecule has 0 saturated heterocycles. The van der Waals surface area contributed by atoms with E-state index in [2.05, 4.69) is 16.1 Å². The molecule has 2 rings (SSSR count). The third-order valence-electron chi connectivity index (χ3n) is 3.02. The van der Waals surface area contributed by atoms with Crippen molar-refractivity contribution in [2.45, 2.75) is 20.4 Å². The summed E-state index contributed by atoms with van der Waals surface area (Å²) in [5, 5.41) is 7.06. The first kappa shape index (κ1) is 12.6. The third-order valence-corrected chi connectivity index (χ3v) is 3.93. The highest BCUT2D eigenvalue weighted by Gasteiger charge is 2.10. The van der Waals surface area contributed by atoms with Crippen LogP contribution in [0, 0.1) is 13.8 Å². The molecule has 94 valence electrons. The molecular formula is C14H16N2OS. The maximum absolute atomic E-state index is 12.1. The SMILES string of the molecule is Cc1cscc1CNC(=O)c1cccc(N)c1C. The Labute approximate surface area is 111 Å². The molecule has 1 aromatic heterocycles. The van der Waals surface area contributed by atoms with Crippen LogP contribution in [0.1, 0.15) is 27.0 Å². The Hall–Kier alpha value is -1.81. The fourth-order valence-corrected chi connectivity index (χ4v) is 2.60. The monoisotopic (exact) mass is 260 g/mol. The van der Waals surface area contributed by atoms with E-state index in [0.29, 0.717) is 17.8 Å². The molecule has 1 heterocycles. The minimum atomic E-state index is -0.0783. The summed E-state index contributed by atoms with van der Waals surface area (Å²) in [7, 11) is 0. The van der Waals surface area contributed by atoms with E-state index >= 15 is 0 Å². The van der Waals surface area contributed by atoms with E-state index in [1.54, 1.807) is 29.5 Å². The highest BCUT2D eigenvalue weighted by molar-refractivity contribution is 7.08. The minimum absolute atomic E-state index is 0.0783. The van der Waals surface area contributed by atoms with Gasteiger partial charge in [-0.2, -0.15) is 11.3 Å². The molecule has 0 aliphatic carbocycles. The van der Waals surface area contributed by atoms with Crippen molar-refractivity contribution in [1.82, 2.24) is 5.32 Å². The zero-order valence-corrected chi connectivity index (χ0v) is 11.3. The van der Waals surface area contributed by atoms with E-state index < -0.39 is 0 Å². The Kier molecular flexibility index (Phi) is 3.67. The largest absolute Gasteiger partial charge is 0.398 e. The molecule has 1 aromatic carbocycles. The smallest absolute Gasteiger partial charge is 0.251 e. The lowest BCUT2D eigenvalue weighted by molar-refractivity contribution is 0.0950. The fraction of sp³-hybridized carbons (Fsp3) is 0.214. The number of aryl methyl sites for hydroxylation is 1. The summed E-state index contributed by atoms with van der Waals surface area (Å²) >= 11 is 1.65. The van der Waals surface area contributed by atoms with Crippen LogP contribution in [0.2, 0.25) is 0 Å². The molecule has 0 unspecified atom stereocenters. The van der Waals surface area contributed by atoms with Crippen molar-refractivity contribution in [3.05, 3.63) is 51.2 Å². The maximum Gasteiger partial charge on any atom is 0.251 e. The predicted octanol–water partition coefficient (Wildman–Crippen LogP) is 2.88. The predicted molar refractivity (Wildman–Crippen MR) is 75.8 cm³/mol. The second-order valence-electron chi connectivity index (χ2n) is 4.28. The van der Waals surface area contributed by atoms with Gasteiger partial charge in [0.05, 0.1) is 0 Å². The average molecular weight is 260 g/mol. The Balaban J connectivity index is 2.09. The Morgan fingerprint density at radius 3 is 2.78 bits per heavy atom. The summed E-state index contributed by atoms with van der Waals surface area (Å²) in [5.41, 5.74) is 10.3. The van der Waals surface area contributed by atoms with E-state index in [9.17, 15) is 4.79 Å². The van der Waals surface area contributed by atoms with Crippen LogP contribution in [-0.4, -0.2) is 5.91 Å². The number of nitrogens with two attached hydrogens (primary N) is 1. The van der Waals surface area contributed by atoms with Crippen LogP contribution in [0.15, 0.2) is 29.0 Å². The Morgan fingerprint density at radius 1 is 1.33 bits per heavy atom. The number of nitrogen functional groups attached to an aromatic ring is 1. The summed E-state index contributed by atoms with van der Waals surface area (Å²) in [6.45, 7) is 4.46. The molecule has 0 radical (unpaired) electrons. The normalized spacial score (nSPS) is 10.3. The number of thiophene rings is 1. The highest BCUT2D eigenvalue weighted by atomic mass is 32.1. The van der Waals surface area contributed by atoms with Crippen LogP contribution in [0.5, 0.6) is 0 Å². The molecule has 0 saturated carbocycles. The van der Waals surface area contributed by atoms with Crippen molar-refractivity contribution < 1.29 is 4.79 Å². The number of carbonyl (C=O) groups excluding carboxylic acids is 1. The quantitative estimate of drug-likeness (QED) is 0.834. The van der Waals surface area contributed by atoms with Gasteiger partial charge in [0.1, 0.15) is 0 Å². The number of carbonyl (C=O) groups is 1. The zero-order valence-electron chi connectivity index (χ0n) is 10.5. The third kappa shape index (κ3) is 2.54. The maximum atomic E-state index is 12.1. The molecule has 0 spiro atoms. The van der Waals surface area contributed by atoms with E-state index in [4.69, 9.17) is 5.73 Å². The molecule has 1 amide bonds. The van der Waals surface area contributed by atoms with Gasteiger partial charge in [-0.1, -0.05) is 6.07 Å². The van der Waals surface area contributed by atoms with Gasteiger partial charge < -0.3 is 11.1 Å². The number of nitrogens with one attached hydrogen (secondary N) is 1. The number of benzene rings is 1. The number of anilines is 1. The number of rotatable bonds is 3. The lowest BCUT2D eigenvalue weighted by Gasteiger charge is -2.09. The lowest BCUT2D eigenvalue weighted by Crippen LogP contribution is -2.23. The van der Waals surface area contributed by atoms with Gasteiger partial charge in [-0.3, -0.25) is 4.79 Å². The van der Waals surface area contributed by atoms with E-state index in [-0.39, 0.29) is 5.91 Å². The summed E-state index contributed by atoms with van der Waals surface area (Å²) in [4.78, 5) is 12.1. The van der Waals surface area contributed by atoms with Gasteiger partial charge in [0.15, 0.2) is 0 Å². The van der Waals surface area contributed by atoms with Gasteiger partial charge >= 0.3 is 0 Å². The van der Waals surface area contributed by atoms with Crippen LogP contribution in [0.25, 0.3) is 0 Å². The molecule has 2 aromatic rings. The summed E-state index contributed by atoms with van der Waals surface area (Å²) in [5.74, 6) is -0.0783. The van der Waals surface area contributed by atoms with Gasteiger partial charge in [0, 0.05) is 17.8 Å². The summed E-state index contributed by atoms with van der Waals surface area (Å²) < 4.78 is 0. The van der Waals surface area contributed by atoms with Gasteiger partial charge in [0.2, 0.25) is 0 Å². The molecule has 3 nitrogen and oxygen atoms in total. The van der Waals surface area contributed by atoms with Crippen molar-refractivity contribution in [2.24, 2.45) is 0 Å². The minimum Gasteiger partial charge on any atom is -0.398 e. The Bertz CT molecular complexity index is 575. The van der Waals surface area contributed by atoms with Crippen LogP contribution < -0.4 is 11.1 Å². The Morgan fingerprint density at radius 2 is 2.11 bits per heavy atom. The molecule has 0 aliphatic heterocycles. The average Bonchev–Trinajstić information content (AvgIpc) is 2.75. The molecule has 3 N–H and O–H groups in total. The summed E-state index contributed by atoms with van der Waals surface area (Å²) in [6.07, 6.45) is 0. The topological polar surface area (TPSA) is 55.1 Å². The standard InChI is InChI=1S/C14H16N2OS/c1-9-7-18-8-11(9)6-16-14(17)12-4-3-5-13(15)10(12)2/h3-5,7-8H,6,15H2,1-2H3,(H,16,17). The molecular weight excluding hydrogens is 244 g/mol. The van der Waals surface area contributed by atoms with E-state index in [1.165, 1.54) is 5.56 Å². The van der Waals surface area contributed by atoms with Crippen LogP contribution >= 0.6 is 11.3 Å². The van der Waals surface area contributed by atoms with Crippen molar-refractivity contribution in [2.75, 3.05) is 5.73 Å². The first-order valence-electron chi connectivity index (χ1n) is 5.74. The van der Waals surface area contributed by atoms with Crippen molar-refractivity contribution in [1.29, 1.82) is 0 Å². The van der Waals surface area contributed by atoms with E-state index in [1.807, 2.05) is 13.8 Å². The zero-order chi connectivity index (χ0) is 13.1. The van der Waals surface area contributed by atoms with Crippen LogP contribution in [-0.2, 0) is 6.54 Å². The second kappa shape index (κ2) is 5.23. The molecule has 4 heteroatoms. The molecule has 0 fully saturated rings. The number of hydrogen-bond donors (Lipinski definition) is 2. The highest BCUT2D eigenvalue weighted by Crippen LogP contribution is 2.16. The molecule has 18 heavy (non-hydrogen) atoms. The molecule has 0 bridgehead atoms. The second-order valence-corrected chi connectivity index (χ2v) is 5.03. The first-order valence-corrected chi connectivity index (χ1v) is 6.69. The van der Waals surface area contributed by atoms with Crippen molar-refractivity contribution in [3.63, 3.8) is 0 Å². The first-order chi connectivity index (χ1) is 8.59. The van der Waals surface area contributed by atoms with Gasteiger partial charge in [-0.25, -0.2) is 0 Å².